The summed E-state index contributed by atoms with van der Waals surface area (Å²) < 4.78 is 12.1. The topological polar surface area (TPSA) is 18.5 Å². The summed E-state index contributed by atoms with van der Waals surface area (Å²) in [5, 5.41) is 3.93. The second-order valence-electron chi connectivity index (χ2n) is 8.06. The summed E-state index contributed by atoms with van der Waals surface area (Å²) in [4.78, 5) is 0. The summed E-state index contributed by atoms with van der Waals surface area (Å²) in [6.07, 6.45) is 2.09. The SMILES string of the molecule is CCPc1cc(CC)cc(OC)c1-c1c(OC)cc(-c2ccccc2)cc1Pc1ccccc1. The van der Waals surface area contributed by atoms with Gasteiger partial charge in [0.1, 0.15) is 11.5 Å². The summed E-state index contributed by atoms with van der Waals surface area (Å²) >= 11 is 0. The van der Waals surface area contributed by atoms with E-state index >= 15 is 0 Å². The zero-order valence-corrected chi connectivity index (χ0v) is 22.3. The highest BCUT2D eigenvalue weighted by Gasteiger charge is 2.22. The zero-order valence-electron chi connectivity index (χ0n) is 20.3. The third-order valence-corrected chi connectivity index (χ3v) is 8.30. The second kappa shape index (κ2) is 11.7. The molecular formula is C30H32O2P2. The molecule has 0 aliphatic rings. The summed E-state index contributed by atoms with van der Waals surface area (Å²) in [5.74, 6) is 1.82. The van der Waals surface area contributed by atoms with Gasteiger partial charge in [0.25, 0.3) is 0 Å². The predicted octanol–water partition coefficient (Wildman–Crippen LogP) is 6.55. The largest absolute Gasteiger partial charge is 0.496 e. The molecule has 0 spiro atoms. The standard InChI is InChI=1S/C30H32O2P2/c1-5-21-17-25(31-3)29(27(18-21)33-6-2)30-26(32-4)19-23(22-13-9-7-10-14-22)20-28(30)34-24-15-11-8-12-16-24/h7-20,33-34H,5-6H2,1-4H3. The zero-order chi connectivity index (χ0) is 23.9. The Kier molecular flexibility index (Phi) is 8.39. The summed E-state index contributed by atoms with van der Waals surface area (Å²) in [5.41, 5.74) is 6.00. The Labute approximate surface area is 207 Å². The lowest BCUT2D eigenvalue weighted by molar-refractivity contribution is 0.410. The molecule has 2 unspecified atom stereocenters. The average molecular weight is 487 g/mol. The Morgan fingerprint density at radius 2 is 1.26 bits per heavy atom. The van der Waals surface area contributed by atoms with Crippen LogP contribution in [-0.4, -0.2) is 20.4 Å². The third kappa shape index (κ3) is 5.35. The Balaban J connectivity index is 2.02. The van der Waals surface area contributed by atoms with Gasteiger partial charge in [0.05, 0.1) is 14.2 Å². The molecule has 4 aromatic rings. The molecule has 34 heavy (non-hydrogen) atoms. The Hall–Kier alpha value is -2.66. The molecule has 174 valence electrons. The minimum atomic E-state index is 0.503. The van der Waals surface area contributed by atoms with E-state index in [1.54, 1.807) is 14.2 Å². The van der Waals surface area contributed by atoms with Gasteiger partial charge in [-0.15, -0.1) is 0 Å². The van der Waals surface area contributed by atoms with Gasteiger partial charge >= 0.3 is 0 Å². The van der Waals surface area contributed by atoms with Crippen molar-refractivity contribution in [2.45, 2.75) is 20.3 Å². The lowest BCUT2D eigenvalue weighted by Gasteiger charge is -2.22. The van der Waals surface area contributed by atoms with Crippen LogP contribution in [0.2, 0.25) is 0 Å². The maximum Gasteiger partial charge on any atom is 0.128 e. The van der Waals surface area contributed by atoms with Crippen molar-refractivity contribution in [2.75, 3.05) is 20.4 Å². The predicted molar refractivity (Wildman–Crippen MR) is 152 cm³/mol. The molecule has 2 atom stereocenters. The number of hydrogen-bond acceptors (Lipinski definition) is 2. The number of ether oxygens (including phenoxy) is 2. The van der Waals surface area contributed by atoms with Crippen molar-refractivity contribution in [3.8, 4) is 33.8 Å². The first kappa shape index (κ1) is 24.5. The average Bonchev–Trinajstić information content (AvgIpc) is 2.89. The molecule has 0 N–H and O–H groups in total. The molecule has 2 nitrogen and oxygen atoms in total. The molecule has 0 saturated carbocycles. The van der Waals surface area contributed by atoms with Crippen LogP contribution in [0.1, 0.15) is 19.4 Å². The molecule has 0 aromatic heterocycles. The highest BCUT2D eigenvalue weighted by atomic mass is 31.1. The maximum absolute atomic E-state index is 6.08. The highest BCUT2D eigenvalue weighted by molar-refractivity contribution is 7.56. The number of rotatable bonds is 9. The van der Waals surface area contributed by atoms with E-state index in [2.05, 4.69) is 98.8 Å². The Morgan fingerprint density at radius 1 is 0.647 bits per heavy atom. The van der Waals surface area contributed by atoms with E-state index in [0.717, 1.165) is 29.6 Å². The maximum atomic E-state index is 6.08. The van der Waals surface area contributed by atoms with Crippen molar-refractivity contribution in [1.82, 2.24) is 0 Å². The van der Waals surface area contributed by atoms with Crippen LogP contribution in [-0.2, 0) is 6.42 Å². The van der Waals surface area contributed by atoms with E-state index in [4.69, 9.17) is 9.47 Å². The van der Waals surface area contributed by atoms with Crippen molar-refractivity contribution in [3.05, 3.63) is 90.5 Å². The summed E-state index contributed by atoms with van der Waals surface area (Å²) in [6.45, 7) is 4.44. The molecule has 0 radical (unpaired) electrons. The molecule has 4 aromatic carbocycles. The van der Waals surface area contributed by atoms with E-state index < -0.39 is 0 Å². The quantitative estimate of drug-likeness (QED) is 0.250. The second-order valence-corrected chi connectivity index (χ2v) is 11.0. The lowest BCUT2D eigenvalue weighted by Crippen LogP contribution is -2.14. The van der Waals surface area contributed by atoms with E-state index in [1.807, 2.05) is 0 Å². The molecule has 0 saturated heterocycles. The molecule has 0 aliphatic carbocycles. The van der Waals surface area contributed by atoms with Gasteiger partial charge in [0, 0.05) is 11.1 Å². The third-order valence-electron chi connectivity index (χ3n) is 5.89. The Bertz CT molecular complexity index is 1240. The minimum Gasteiger partial charge on any atom is -0.496 e. The van der Waals surface area contributed by atoms with Gasteiger partial charge in [-0.2, -0.15) is 0 Å². The van der Waals surface area contributed by atoms with Crippen molar-refractivity contribution in [2.24, 2.45) is 0 Å². The molecule has 0 heterocycles. The van der Waals surface area contributed by atoms with E-state index in [9.17, 15) is 0 Å². The molecule has 4 heteroatoms. The van der Waals surface area contributed by atoms with Crippen LogP contribution in [0.5, 0.6) is 11.5 Å². The van der Waals surface area contributed by atoms with Crippen molar-refractivity contribution in [1.29, 1.82) is 0 Å². The lowest BCUT2D eigenvalue weighted by atomic mass is 9.96. The van der Waals surface area contributed by atoms with Crippen LogP contribution >= 0.6 is 17.2 Å². The van der Waals surface area contributed by atoms with Gasteiger partial charge in [-0.3, -0.25) is 0 Å². The van der Waals surface area contributed by atoms with E-state index in [-0.39, 0.29) is 0 Å². The highest BCUT2D eigenvalue weighted by Crippen LogP contribution is 2.41. The smallest absolute Gasteiger partial charge is 0.128 e. The molecular weight excluding hydrogens is 454 g/mol. The molecule has 0 fully saturated rings. The molecule has 0 amide bonds. The van der Waals surface area contributed by atoms with Crippen LogP contribution in [0.15, 0.2) is 84.9 Å². The van der Waals surface area contributed by atoms with Crippen LogP contribution in [0.25, 0.3) is 22.3 Å². The first-order valence-corrected chi connectivity index (χ1v) is 13.9. The van der Waals surface area contributed by atoms with Gasteiger partial charge in [-0.05, 0) is 63.4 Å². The van der Waals surface area contributed by atoms with Gasteiger partial charge < -0.3 is 9.47 Å². The first-order chi connectivity index (χ1) is 16.7. The molecule has 0 bridgehead atoms. The van der Waals surface area contributed by atoms with Gasteiger partial charge in [0.15, 0.2) is 0 Å². The number of benzene rings is 4. The number of aryl methyl sites for hydroxylation is 1. The van der Waals surface area contributed by atoms with Crippen LogP contribution in [0, 0.1) is 0 Å². The normalized spacial score (nSPS) is 11.5. The van der Waals surface area contributed by atoms with E-state index in [1.165, 1.54) is 38.2 Å². The van der Waals surface area contributed by atoms with E-state index in [0.29, 0.717) is 17.2 Å². The number of methoxy groups -OCH3 is 2. The fourth-order valence-corrected chi connectivity index (χ4v) is 6.60. The van der Waals surface area contributed by atoms with Crippen molar-refractivity contribution < 1.29 is 9.47 Å². The monoisotopic (exact) mass is 486 g/mol. The first-order valence-electron chi connectivity index (χ1n) is 11.7. The van der Waals surface area contributed by atoms with Gasteiger partial charge in [0.2, 0.25) is 0 Å². The van der Waals surface area contributed by atoms with Crippen LogP contribution in [0.4, 0.5) is 0 Å². The molecule has 4 rings (SSSR count). The van der Waals surface area contributed by atoms with Crippen molar-refractivity contribution >= 4 is 33.1 Å². The molecule has 0 aliphatic heterocycles. The van der Waals surface area contributed by atoms with Crippen LogP contribution < -0.4 is 25.4 Å². The number of hydrogen-bond donors (Lipinski definition) is 0. The summed E-state index contributed by atoms with van der Waals surface area (Å²) in [6, 6.07) is 30.3. The van der Waals surface area contributed by atoms with Crippen molar-refractivity contribution in [3.63, 3.8) is 0 Å². The van der Waals surface area contributed by atoms with Crippen LogP contribution in [0.3, 0.4) is 0 Å². The summed E-state index contributed by atoms with van der Waals surface area (Å²) in [7, 11) is 4.77. The Morgan fingerprint density at radius 3 is 1.88 bits per heavy atom. The fraction of sp³-hybridized carbons (Fsp3) is 0.200. The fourth-order valence-electron chi connectivity index (χ4n) is 4.23. The van der Waals surface area contributed by atoms with Gasteiger partial charge in [-0.1, -0.05) is 97.7 Å². The van der Waals surface area contributed by atoms with Gasteiger partial charge in [-0.25, -0.2) is 0 Å². The minimum absolute atomic E-state index is 0.503.